The minimum Gasteiger partial charge on any atom is -0.460 e. The van der Waals surface area contributed by atoms with Crippen molar-refractivity contribution in [2.75, 3.05) is 6.61 Å². The molecule has 1 aliphatic rings. The Kier molecular flexibility index (Phi) is 4.14. The Morgan fingerprint density at radius 1 is 1.33 bits per heavy atom. The number of aliphatic hydroxyl groups is 1. The van der Waals surface area contributed by atoms with Crippen molar-refractivity contribution < 1.29 is 14.6 Å². The first kappa shape index (κ1) is 12.5. The summed E-state index contributed by atoms with van der Waals surface area (Å²) in [5.41, 5.74) is -0.422. The molecule has 3 nitrogen and oxygen atoms in total. The molecule has 1 N–H and O–H groups in total. The van der Waals surface area contributed by atoms with Crippen LogP contribution in [0.15, 0.2) is 0 Å². The number of aliphatic hydroxyl groups excluding tert-OH is 1. The molecule has 1 aliphatic carbocycles. The van der Waals surface area contributed by atoms with Gasteiger partial charge in [-0.25, -0.2) is 0 Å². The zero-order chi connectivity index (χ0) is 11.5. The number of carbonyl (C=O) groups is 1. The van der Waals surface area contributed by atoms with Crippen LogP contribution in [-0.2, 0) is 9.53 Å². The van der Waals surface area contributed by atoms with Crippen LogP contribution in [0.25, 0.3) is 0 Å². The average Bonchev–Trinajstić information content (AvgIpc) is 2.15. The second-order valence-electron chi connectivity index (χ2n) is 5.37. The lowest BCUT2D eigenvalue weighted by atomic mass is 9.79. The van der Waals surface area contributed by atoms with Gasteiger partial charge in [0.05, 0.1) is 5.92 Å². The summed E-state index contributed by atoms with van der Waals surface area (Å²) in [6, 6.07) is 0. The minimum atomic E-state index is -0.422. The molecule has 0 radical (unpaired) electrons. The Hall–Kier alpha value is -0.570. The summed E-state index contributed by atoms with van der Waals surface area (Å²) >= 11 is 0. The van der Waals surface area contributed by atoms with Crippen LogP contribution in [-0.4, -0.2) is 23.3 Å². The van der Waals surface area contributed by atoms with Crippen molar-refractivity contribution in [3.8, 4) is 0 Å². The maximum absolute atomic E-state index is 11.8. The van der Waals surface area contributed by atoms with E-state index in [0.29, 0.717) is 0 Å². The van der Waals surface area contributed by atoms with Gasteiger partial charge >= 0.3 is 5.97 Å². The highest BCUT2D eigenvalue weighted by Gasteiger charge is 2.33. The normalized spacial score (nSPS) is 27.5. The number of hydrogen-bond donors (Lipinski definition) is 1. The van der Waals surface area contributed by atoms with Crippen molar-refractivity contribution in [1.29, 1.82) is 0 Å². The fourth-order valence-corrected chi connectivity index (χ4v) is 2.11. The van der Waals surface area contributed by atoms with E-state index in [1.54, 1.807) is 0 Å². The monoisotopic (exact) mass is 214 g/mol. The standard InChI is InChI=1S/C12H22O3/c1-12(2,3)15-11(14)10-7-5-4-6-9(10)8-13/h9-10,13H,4-8H2,1-3H3/t9-,10-/m1/s1. The lowest BCUT2D eigenvalue weighted by Crippen LogP contribution is -2.35. The van der Waals surface area contributed by atoms with Crippen LogP contribution in [0, 0.1) is 11.8 Å². The van der Waals surface area contributed by atoms with Crippen molar-refractivity contribution in [1.82, 2.24) is 0 Å². The highest BCUT2D eigenvalue weighted by Crippen LogP contribution is 2.31. The van der Waals surface area contributed by atoms with E-state index in [4.69, 9.17) is 4.74 Å². The van der Waals surface area contributed by atoms with E-state index in [1.165, 1.54) is 0 Å². The summed E-state index contributed by atoms with van der Waals surface area (Å²) in [6.07, 6.45) is 3.99. The molecule has 88 valence electrons. The number of ether oxygens (including phenoxy) is 1. The van der Waals surface area contributed by atoms with Gasteiger partial charge in [0.15, 0.2) is 0 Å². The molecule has 0 saturated heterocycles. The molecule has 0 heterocycles. The van der Waals surface area contributed by atoms with Gasteiger partial charge in [0.2, 0.25) is 0 Å². The van der Waals surface area contributed by atoms with E-state index in [0.717, 1.165) is 25.7 Å². The summed E-state index contributed by atoms with van der Waals surface area (Å²) in [5.74, 6) is -0.127. The molecular weight excluding hydrogens is 192 g/mol. The molecule has 0 aromatic heterocycles. The molecule has 0 aliphatic heterocycles. The largest absolute Gasteiger partial charge is 0.460 e. The Morgan fingerprint density at radius 3 is 2.47 bits per heavy atom. The molecule has 0 bridgehead atoms. The molecule has 1 rings (SSSR count). The molecule has 1 saturated carbocycles. The van der Waals surface area contributed by atoms with Crippen molar-refractivity contribution >= 4 is 5.97 Å². The Morgan fingerprint density at radius 2 is 1.93 bits per heavy atom. The van der Waals surface area contributed by atoms with Gasteiger partial charge in [0, 0.05) is 6.61 Å². The molecule has 0 spiro atoms. The van der Waals surface area contributed by atoms with Gasteiger partial charge in [0.25, 0.3) is 0 Å². The van der Waals surface area contributed by atoms with E-state index in [9.17, 15) is 9.90 Å². The lowest BCUT2D eigenvalue weighted by molar-refractivity contribution is -0.164. The van der Waals surface area contributed by atoms with E-state index in [-0.39, 0.29) is 24.4 Å². The fraction of sp³-hybridized carbons (Fsp3) is 0.917. The van der Waals surface area contributed by atoms with E-state index in [1.807, 2.05) is 20.8 Å². The zero-order valence-electron chi connectivity index (χ0n) is 9.95. The third-order valence-electron chi connectivity index (χ3n) is 2.85. The first-order valence-electron chi connectivity index (χ1n) is 5.78. The van der Waals surface area contributed by atoms with Crippen LogP contribution in [0.4, 0.5) is 0 Å². The zero-order valence-corrected chi connectivity index (χ0v) is 9.95. The SMILES string of the molecule is CC(C)(C)OC(=O)[C@@H]1CCCC[C@@H]1CO. The number of carbonyl (C=O) groups excluding carboxylic acids is 1. The maximum Gasteiger partial charge on any atom is 0.309 e. The summed E-state index contributed by atoms with van der Waals surface area (Å²) < 4.78 is 5.36. The van der Waals surface area contributed by atoms with Crippen molar-refractivity contribution in [3.05, 3.63) is 0 Å². The smallest absolute Gasteiger partial charge is 0.309 e. The third kappa shape index (κ3) is 3.82. The van der Waals surface area contributed by atoms with Crippen LogP contribution in [0.1, 0.15) is 46.5 Å². The summed E-state index contributed by atoms with van der Waals surface area (Å²) in [5, 5.41) is 9.20. The second-order valence-corrected chi connectivity index (χ2v) is 5.37. The quantitative estimate of drug-likeness (QED) is 0.716. The number of hydrogen-bond acceptors (Lipinski definition) is 3. The summed E-state index contributed by atoms with van der Waals surface area (Å²) in [4.78, 5) is 11.8. The molecule has 3 heteroatoms. The molecular formula is C12H22O3. The van der Waals surface area contributed by atoms with Crippen LogP contribution in [0.2, 0.25) is 0 Å². The van der Waals surface area contributed by atoms with Crippen molar-refractivity contribution in [2.45, 2.75) is 52.1 Å². The van der Waals surface area contributed by atoms with Crippen LogP contribution in [0.5, 0.6) is 0 Å². The van der Waals surface area contributed by atoms with Gasteiger partial charge in [-0.2, -0.15) is 0 Å². The molecule has 0 amide bonds. The highest BCUT2D eigenvalue weighted by atomic mass is 16.6. The average molecular weight is 214 g/mol. The van der Waals surface area contributed by atoms with Gasteiger partial charge in [-0.1, -0.05) is 12.8 Å². The number of esters is 1. The summed E-state index contributed by atoms with van der Waals surface area (Å²) in [7, 11) is 0. The van der Waals surface area contributed by atoms with E-state index in [2.05, 4.69) is 0 Å². The topological polar surface area (TPSA) is 46.5 Å². The van der Waals surface area contributed by atoms with Gasteiger partial charge < -0.3 is 9.84 Å². The second kappa shape index (κ2) is 4.97. The Bertz CT molecular complexity index is 217. The molecule has 1 fully saturated rings. The predicted octanol–water partition coefficient (Wildman–Crippen LogP) is 2.13. The maximum atomic E-state index is 11.8. The molecule has 0 aromatic carbocycles. The van der Waals surface area contributed by atoms with E-state index < -0.39 is 5.60 Å². The van der Waals surface area contributed by atoms with Gasteiger partial charge in [-0.3, -0.25) is 4.79 Å². The summed E-state index contributed by atoms with van der Waals surface area (Å²) in [6.45, 7) is 5.73. The van der Waals surface area contributed by atoms with Crippen LogP contribution in [0.3, 0.4) is 0 Å². The fourth-order valence-electron chi connectivity index (χ4n) is 2.11. The van der Waals surface area contributed by atoms with Gasteiger partial charge in [0.1, 0.15) is 5.60 Å². The van der Waals surface area contributed by atoms with Crippen molar-refractivity contribution in [3.63, 3.8) is 0 Å². The first-order valence-corrected chi connectivity index (χ1v) is 5.78. The molecule has 15 heavy (non-hydrogen) atoms. The lowest BCUT2D eigenvalue weighted by Gasteiger charge is -2.31. The van der Waals surface area contributed by atoms with Crippen LogP contribution < -0.4 is 0 Å². The van der Waals surface area contributed by atoms with Crippen molar-refractivity contribution in [2.24, 2.45) is 11.8 Å². The first-order chi connectivity index (χ1) is 6.94. The predicted molar refractivity (Wildman–Crippen MR) is 58.4 cm³/mol. The van der Waals surface area contributed by atoms with Gasteiger partial charge in [-0.15, -0.1) is 0 Å². The van der Waals surface area contributed by atoms with Crippen LogP contribution >= 0.6 is 0 Å². The highest BCUT2D eigenvalue weighted by molar-refractivity contribution is 5.73. The number of rotatable bonds is 2. The Balaban J connectivity index is 2.56. The van der Waals surface area contributed by atoms with Gasteiger partial charge in [-0.05, 0) is 39.5 Å². The minimum absolute atomic E-state index is 0.0945. The molecule has 0 aromatic rings. The third-order valence-corrected chi connectivity index (χ3v) is 2.85. The van der Waals surface area contributed by atoms with E-state index >= 15 is 0 Å². The molecule has 2 atom stereocenters. The molecule has 0 unspecified atom stereocenters. The Labute approximate surface area is 91.8 Å².